The Morgan fingerprint density at radius 1 is 1.40 bits per heavy atom. The van der Waals surface area contributed by atoms with Gasteiger partial charge in [0.1, 0.15) is 17.1 Å². The summed E-state index contributed by atoms with van der Waals surface area (Å²) in [7, 11) is 1.49. The SMILES string of the molecule is COc1cccc(F)c1C(C)NC(=O)C1(n2cccn2)CCNCC1. The molecule has 25 heavy (non-hydrogen) atoms. The number of methoxy groups -OCH3 is 1. The lowest BCUT2D eigenvalue weighted by Crippen LogP contribution is -2.55. The van der Waals surface area contributed by atoms with E-state index in [4.69, 9.17) is 4.74 Å². The molecule has 6 nitrogen and oxygen atoms in total. The molecule has 1 atom stereocenters. The van der Waals surface area contributed by atoms with E-state index in [1.807, 2.05) is 0 Å². The van der Waals surface area contributed by atoms with E-state index in [0.29, 0.717) is 24.2 Å². The molecule has 2 aromatic rings. The zero-order chi connectivity index (χ0) is 17.9. The highest BCUT2D eigenvalue weighted by atomic mass is 19.1. The van der Waals surface area contributed by atoms with Gasteiger partial charge >= 0.3 is 0 Å². The summed E-state index contributed by atoms with van der Waals surface area (Å²) >= 11 is 0. The van der Waals surface area contributed by atoms with E-state index >= 15 is 0 Å². The Hall–Kier alpha value is -2.41. The Balaban J connectivity index is 1.87. The van der Waals surface area contributed by atoms with Crippen LogP contribution in [0.4, 0.5) is 4.39 Å². The van der Waals surface area contributed by atoms with E-state index in [9.17, 15) is 9.18 Å². The third kappa shape index (κ3) is 3.24. The van der Waals surface area contributed by atoms with Crippen LogP contribution in [0.2, 0.25) is 0 Å². The summed E-state index contributed by atoms with van der Waals surface area (Å²) in [6.45, 7) is 3.21. The predicted octanol–water partition coefficient (Wildman–Crippen LogP) is 1.99. The van der Waals surface area contributed by atoms with E-state index in [-0.39, 0.29) is 5.91 Å². The molecular formula is C18H23FN4O2. The van der Waals surface area contributed by atoms with Crippen molar-refractivity contribution >= 4 is 5.91 Å². The highest BCUT2D eigenvalue weighted by molar-refractivity contribution is 5.85. The molecule has 0 aliphatic carbocycles. The lowest BCUT2D eigenvalue weighted by atomic mass is 9.87. The number of aromatic nitrogens is 2. The van der Waals surface area contributed by atoms with Crippen LogP contribution in [-0.2, 0) is 10.3 Å². The standard InChI is InChI=1S/C18H23FN4O2/c1-13(16-14(19)5-3-6-15(16)25-2)22-17(24)18(7-10-20-11-8-18)23-12-4-9-21-23/h3-6,9,12-13,20H,7-8,10-11H2,1-2H3,(H,22,24). The number of rotatable bonds is 5. The van der Waals surface area contributed by atoms with Gasteiger partial charge in [-0.15, -0.1) is 0 Å². The van der Waals surface area contributed by atoms with Gasteiger partial charge in [-0.3, -0.25) is 9.48 Å². The summed E-state index contributed by atoms with van der Waals surface area (Å²) in [5.41, 5.74) is -0.412. The zero-order valence-electron chi connectivity index (χ0n) is 14.5. The number of nitrogens with one attached hydrogen (secondary N) is 2. The summed E-state index contributed by atoms with van der Waals surface area (Å²) in [5.74, 6) is -0.132. The second-order valence-electron chi connectivity index (χ2n) is 6.28. The number of hydrogen-bond acceptors (Lipinski definition) is 4. The number of amides is 1. The minimum absolute atomic E-state index is 0.157. The van der Waals surface area contributed by atoms with Gasteiger partial charge in [-0.1, -0.05) is 6.07 Å². The van der Waals surface area contributed by atoms with Crippen molar-refractivity contribution in [2.24, 2.45) is 0 Å². The maximum Gasteiger partial charge on any atom is 0.248 e. The van der Waals surface area contributed by atoms with Gasteiger partial charge in [0.25, 0.3) is 0 Å². The average Bonchev–Trinajstić information content (AvgIpc) is 3.17. The number of hydrogen-bond donors (Lipinski definition) is 2. The second-order valence-corrected chi connectivity index (χ2v) is 6.28. The van der Waals surface area contributed by atoms with Gasteiger partial charge in [0.15, 0.2) is 0 Å². The van der Waals surface area contributed by atoms with Gasteiger partial charge in [0, 0.05) is 12.4 Å². The van der Waals surface area contributed by atoms with Crippen molar-refractivity contribution in [1.82, 2.24) is 20.4 Å². The second kappa shape index (κ2) is 7.23. The molecule has 3 rings (SSSR count). The molecule has 1 unspecified atom stereocenters. The van der Waals surface area contributed by atoms with E-state index < -0.39 is 17.4 Å². The molecule has 1 aliphatic rings. The van der Waals surface area contributed by atoms with Gasteiger partial charge in [-0.05, 0) is 51.1 Å². The van der Waals surface area contributed by atoms with Crippen molar-refractivity contribution in [3.8, 4) is 5.75 Å². The van der Waals surface area contributed by atoms with Gasteiger partial charge in [0.2, 0.25) is 5.91 Å². The maximum atomic E-state index is 14.3. The van der Waals surface area contributed by atoms with E-state index in [2.05, 4.69) is 15.7 Å². The van der Waals surface area contributed by atoms with Crippen LogP contribution >= 0.6 is 0 Å². The van der Waals surface area contributed by atoms with Crippen molar-refractivity contribution in [3.63, 3.8) is 0 Å². The molecule has 0 radical (unpaired) electrons. The first kappa shape index (κ1) is 17.4. The van der Waals surface area contributed by atoms with Gasteiger partial charge in [-0.25, -0.2) is 4.39 Å². The number of ether oxygens (including phenoxy) is 1. The largest absolute Gasteiger partial charge is 0.496 e. The van der Waals surface area contributed by atoms with Gasteiger partial charge < -0.3 is 15.4 Å². The molecule has 2 N–H and O–H groups in total. The minimum Gasteiger partial charge on any atom is -0.496 e. The Labute approximate surface area is 146 Å². The van der Waals surface area contributed by atoms with Crippen LogP contribution < -0.4 is 15.4 Å². The Morgan fingerprint density at radius 2 is 2.16 bits per heavy atom. The summed E-state index contributed by atoms with van der Waals surface area (Å²) < 4.78 is 21.3. The van der Waals surface area contributed by atoms with Crippen molar-refractivity contribution in [2.45, 2.75) is 31.3 Å². The maximum absolute atomic E-state index is 14.3. The molecule has 0 bridgehead atoms. The van der Waals surface area contributed by atoms with E-state index in [0.717, 1.165) is 13.1 Å². The first-order valence-electron chi connectivity index (χ1n) is 8.43. The fourth-order valence-electron chi connectivity index (χ4n) is 3.44. The lowest BCUT2D eigenvalue weighted by Gasteiger charge is -2.37. The molecule has 1 aromatic heterocycles. The van der Waals surface area contributed by atoms with Gasteiger partial charge in [0.05, 0.1) is 18.7 Å². The first-order chi connectivity index (χ1) is 12.1. The molecule has 7 heteroatoms. The predicted molar refractivity (Wildman–Crippen MR) is 91.8 cm³/mol. The quantitative estimate of drug-likeness (QED) is 0.869. The molecular weight excluding hydrogens is 323 g/mol. The summed E-state index contributed by atoms with van der Waals surface area (Å²) in [6.07, 6.45) is 4.73. The highest BCUT2D eigenvalue weighted by Crippen LogP contribution is 2.31. The van der Waals surface area contributed by atoms with Crippen molar-refractivity contribution in [1.29, 1.82) is 0 Å². The molecule has 1 aromatic carbocycles. The van der Waals surface area contributed by atoms with Crippen molar-refractivity contribution < 1.29 is 13.9 Å². The van der Waals surface area contributed by atoms with Crippen LogP contribution in [0.3, 0.4) is 0 Å². The highest BCUT2D eigenvalue weighted by Gasteiger charge is 2.42. The van der Waals surface area contributed by atoms with Crippen LogP contribution in [0.25, 0.3) is 0 Å². The molecule has 1 aliphatic heterocycles. The number of piperidine rings is 1. The summed E-state index contributed by atoms with van der Waals surface area (Å²) in [6, 6.07) is 5.93. The van der Waals surface area contributed by atoms with Crippen LogP contribution in [0.5, 0.6) is 5.75 Å². The van der Waals surface area contributed by atoms with Crippen LogP contribution in [0, 0.1) is 5.82 Å². The summed E-state index contributed by atoms with van der Waals surface area (Å²) in [5, 5.41) is 10.5. The number of carbonyl (C=O) groups is 1. The van der Waals surface area contributed by atoms with Crippen LogP contribution in [0.15, 0.2) is 36.7 Å². The van der Waals surface area contributed by atoms with Crippen molar-refractivity contribution in [3.05, 3.63) is 48.0 Å². The molecule has 1 saturated heterocycles. The third-order valence-corrected chi connectivity index (χ3v) is 4.81. The Morgan fingerprint density at radius 3 is 2.80 bits per heavy atom. The van der Waals surface area contributed by atoms with E-state index in [1.165, 1.54) is 13.2 Å². The number of nitrogens with zero attached hydrogens (tertiary/aromatic N) is 2. The number of halogens is 1. The summed E-state index contributed by atoms with van der Waals surface area (Å²) in [4.78, 5) is 13.2. The molecule has 0 spiro atoms. The normalized spacial score (nSPS) is 17.7. The van der Waals surface area contributed by atoms with Crippen LogP contribution in [-0.4, -0.2) is 35.9 Å². The minimum atomic E-state index is -0.762. The van der Waals surface area contributed by atoms with E-state index in [1.54, 1.807) is 42.2 Å². The zero-order valence-corrected chi connectivity index (χ0v) is 14.5. The molecule has 134 valence electrons. The fourth-order valence-corrected chi connectivity index (χ4v) is 3.44. The Kier molecular flexibility index (Phi) is 5.03. The monoisotopic (exact) mass is 346 g/mol. The first-order valence-corrected chi connectivity index (χ1v) is 8.43. The molecule has 1 amide bonds. The number of carbonyl (C=O) groups excluding carboxylic acids is 1. The van der Waals surface area contributed by atoms with Gasteiger partial charge in [-0.2, -0.15) is 5.10 Å². The fraction of sp³-hybridized carbons (Fsp3) is 0.444. The average molecular weight is 346 g/mol. The topological polar surface area (TPSA) is 68.2 Å². The lowest BCUT2D eigenvalue weighted by molar-refractivity contribution is -0.132. The Bertz CT molecular complexity index is 727. The third-order valence-electron chi connectivity index (χ3n) is 4.81. The number of benzene rings is 1. The molecule has 1 fully saturated rings. The van der Waals surface area contributed by atoms with Crippen molar-refractivity contribution in [2.75, 3.05) is 20.2 Å². The van der Waals surface area contributed by atoms with Crippen LogP contribution in [0.1, 0.15) is 31.4 Å². The smallest absolute Gasteiger partial charge is 0.248 e. The molecule has 2 heterocycles. The molecule has 0 saturated carbocycles.